The Hall–Kier alpha value is -2.87. The minimum absolute atomic E-state index is 0.00910. The number of pyridine rings is 2. The molecule has 0 unspecified atom stereocenters. The quantitative estimate of drug-likeness (QED) is 0.305. The van der Waals surface area contributed by atoms with Crippen molar-refractivity contribution < 1.29 is 18.4 Å². The zero-order chi connectivity index (χ0) is 22.0. The first-order valence-electron chi connectivity index (χ1n) is 8.11. The molecular weight excluding hydrogens is 461 g/mol. The lowest BCUT2D eigenvalue weighted by molar-refractivity contribution is 0.111. The van der Waals surface area contributed by atoms with Crippen LogP contribution in [0.3, 0.4) is 0 Å². The molecule has 30 heavy (non-hydrogen) atoms. The van der Waals surface area contributed by atoms with Crippen molar-refractivity contribution in [3.05, 3.63) is 84.7 Å². The van der Waals surface area contributed by atoms with Gasteiger partial charge < -0.3 is 4.98 Å². The second kappa shape index (κ2) is 8.87. The molecule has 0 saturated carbocycles. The average molecular weight is 470 g/mol. The summed E-state index contributed by atoms with van der Waals surface area (Å²) in [5, 5.41) is 1.09. The van der Waals surface area contributed by atoms with Crippen molar-refractivity contribution in [1.82, 2.24) is 9.97 Å². The van der Waals surface area contributed by atoms with E-state index >= 15 is 0 Å². The van der Waals surface area contributed by atoms with Crippen LogP contribution in [0, 0.1) is 11.6 Å². The number of hydrogen-bond acceptors (Lipinski definition) is 4. The minimum atomic E-state index is -0.612. The highest BCUT2D eigenvalue weighted by atomic mass is 35.5. The molecule has 0 atom stereocenters. The number of carbonyl (C=O) groups excluding carboxylic acids is 2. The van der Waals surface area contributed by atoms with Gasteiger partial charge in [-0.25, -0.2) is 13.8 Å². The highest BCUT2D eigenvalue weighted by molar-refractivity contribution is 6.33. The summed E-state index contributed by atoms with van der Waals surface area (Å²) in [6.45, 7) is 0. The van der Waals surface area contributed by atoms with Crippen LogP contribution in [0.5, 0.6) is 0 Å². The maximum absolute atomic E-state index is 13.1. The zero-order valence-electron chi connectivity index (χ0n) is 14.7. The summed E-state index contributed by atoms with van der Waals surface area (Å²) in [5.74, 6) is -1.18. The lowest BCUT2D eigenvalue weighted by Crippen LogP contribution is -2.11. The first-order valence-corrected chi connectivity index (χ1v) is 9.24. The summed E-state index contributed by atoms with van der Waals surface area (Å²) in [6.07, 6.45) is 1.03. The van der Waals surface area contributed by atoms with Gasteiger partial charge in [0, 0.05) is 16.8 Å². The zero-order valence-corrected chi connectivity index (χ0v) is 16.9. The molecule has 152 valence electrons. The number of aromatic amines is 1. The van der Waals surface area contributed by atoms with Gasteiger partial charge in [0.1, 0.15) is 16.8 Å². The molecule has 0 aliphatic rings. The molecule has 4 rings (SSSR count). The number of nitrogens with one attached hydrogen (secondary N) is 1. The number of halogens is 5. The molecule has 1 N–H and O–H groups in total. The molecular formula is C20H9Cl3F2N2O3. The van der Waals surface area contributed by atoms with Crippen LogP contribution in [0.2, 0.25) is 15.2 Å². The molecule has 5 nitrogen and oxygen atoms in total. The third kappa shape index (κ3) is 4.48. The number of fused-ring (bicyclic) bond motifs is 2. The van der Waals surface area contributed by atoms with Gasteiger partial charge in [-0.15, -0.1) is 0 Å². The maximum Gasteiger partial charge on any atom is 0.259 e. The van der Waals surface area contributed by atoms with E-state index < -0.39 is 17.2 Å². The van der Waals surface area contributed by atoms with Crippen molar-refractivity contribution in [2.45, 2.75) is 0 Å². The Morgan fingerprint density at radius 1 is 0.800 bits per heavy atom. The topological polar surface area (TPSA) is 79.9 Å². The molecule has 0 radical (unpaired) electrons. The summed E-state index contributed by atoms with van der Waals surface area (Å²) in [5.41, 5.74) is 0.385. The molecule has 0 aliphatic carbocycles. The van der Waals surface area contributed by atoms with Gasteiger partial charge in [-0.2, -0.15) is 0 Å². The predicted molar refractivity (Wildman–Crippen MR) is 112 cm³/mol. The Morgan fingerprint density at radius 2 is 1.37 bits per heavy atom. The van der Waals surface area contributed by atoms with Gasteiger partial charge in [0.2, 0.25) is 0 Å². The summed E-state index contributed by atoms with van der Waals surface area (Å²) >= 11 is 16.9. The summed E-state index contributed by atoms with van der Waals surface area (Å²) in [6, 6.07) is 7.94. The number of rotatable bonds is 2. The van der Waals surface area contributed by atoms with E-state index in [2.05, 4.69) is 9.97 Å². The number of nitrogens with zero attached hydrogens (tertiary/aromatic N) is 1. The Bertz CT molecular complexity index is 1370. The fourth-order valence-electron chi connectivity index (χ4n) is 2.55. The number of aromatic nitrogens is 2. The molecule has 2 aromatic heterocycles. The van der Waals surface area contributed by atoms with Gasteiger partial charge in [-0.3, -0.25) is 14.4 Å². The van der Waals surface area contributed by atoms with E-state index in [1.165, 1.54) is 30.3 Å². The van der Waals surface area contributed by atoms with Crippen molar-refractivity contribution in [1.29, 1.82) is 0 Å². The Kier molecular flexibility index (Phi) is 6.45. The van der Waals surface area contributed by atoms with E-state index in [-0.39, 0.29) is 26.3 Å². The molecule has 10 heteroatoms. The van der Waals surface area contributed by atoms with Crippen LogP contribution in [0.25, 0.3) is 21.8 Å². The third-order valence-electron chi connectivity index (χ3n) is 4.01. The number of carbonyl (C=O) groups is 2. The van der Waals surface area contributed by atoms with Crippen molar-refractivity contribution in [3.63, 3.8) is 0 Å². The first-order chi connectivity index (χ1) is 14.2. The lowest BCUT2D eigenvalue weighted by Gasteiger charge is -2.02. The molecule has 0 aliphatic heterocycles. The van der Waals surface area contributed by atoms with Crippen molar-refractivity contribution in [3.8, 4) is 0 Å². The average Bonchev–Trinajstić information content (AvgIpc) is 2.70. The van der Waals surface area contributed by atoms with Crippen molar-refractivity contribution in [2.75, 3.05) is 0 Å². The molecule has 2 aromatic carbocycles. The normalized spacial score (nSPS) is 10.6. The van der Waals surface area contributed by atoms with E-state index in [4.69, 9.17) is 34.8 Å². The number of aldehydes is 2. The van der Waals surface area contributed by atoms with Crippen LogP contribution < -0.4 is 5.56 Å². The van der Waals surface area contributed by atoms with Gasteiger partial charge in [-0.05, 0) is 30.3 Å². The molecule has 0 amide bonds. The highest BCUT2D eigenvalue weighted by Gasteiger charge is 2.08. The standard InChI is InChI=1S/C10H4Cl2FNO.C10H5ClFNO2/c11-7-2-5-1-6(4-15)10(12)14-9(5)3-8(7)13;11-7-2-5-1-6(4-14)10(15)13-9(5)3-8(7)12/h1-4H;1-4H,(H,13,15). The fourth-order valence-corrected chi connectivity index (χ4v) is 3.08. The monoisotopic (exact) mass is 468 g/mol. The van der Waals surface area contributed by atoms with Crippen LogP contribution in [-0.4, -0.2) is 22.5 Å². The molecule has 0 bridgehead atoms. The summed E-state index contributed by atoms with van der Waals surface area (Å²) in [7, 11) is 0. The van der Waals surface area contributed by atoms with Crippen LogP contribution in [0.4, 0.5) is 8.78 Å². The third-order valence-corrected chi connectivity index (χ3v) is 4.89. The van der Waals surface area contributed by atoms with E-state index in [1.807, 2.05) is 0 Å². The second-order valence-electron chi connectivity index (χ2n) is 5.97. The molecule has 0 saturated heterocycles. The van der Waals surface area contributed by atoms with Gasteiger partial charge >= 0.3 is 0 Å². The summed E-state index contributed by atoms with van der Waals surface area (Å²) < 4.78 is 26.1. The number of benzene rings is 2. The van der Waals surface area contributed by atoms with Crippen molar-refractivity contribution >= 4 is 69.2 Å². The largest absolute Gasteiger partial charge is 0.321 e. The summed E-state index contributed by atoms with van der Waals surface area (Å²) in [4.78, 5) is 38.6. The SMILES string of the molecule is O=Cc1cc2cc(Cl)c(F)cc2[nH]c1=O.O=Cc1cc2cc(Cl)c(F)cc2nc1Cl. The lowest BCUT2D eigenvalue weighted by atomic mass is 10.1. The second-order valence-corrected chi connectivity index (χ2v) is 7.14. The van der Waals surface area contributed by atoms with E-state index in [0.717, 1.165) is 6.07 Å². The molecule has 0 spiro atoms. The molecule has 4 aromatic rings. The van der Waals surface area contributed by atoms with Gasteiger partial charge in [0.05, 0.1) is 32.2 Å². The first kappa shape index (κ1) is 21.8. The van der Waals surface area contributed by atoms with Crippen molar-refractivity contribution in [2.24, 2.45) is 0 Å². The fraction of sp³-hybridized carbons (Fsp3) is 0. The van der Waals surface area contributed by atoms with Gasteiger partial charge in [0.15, 0.2) is 12.6 Å². The van der Waals surface area contributed by atoms with E-state index in [0.29, 0.717) is 34.4 Å². The Labute approximate surface area is 182 Å². The minimum Gasteiger partial charge on any atom is -0.321 e. The predicted octanol–water partition coefficient (Wildman–Crippen LogP) is 5.63. The van der Waals surface area contributed by atoms with Gasteiger partial charge in [-0.1, -0.05) is 34.8 Å². The highest BCUT2D eigenvalue weighted by Crippen LogP contribution is 2.25. The van der Waals surface area contributed by atoms with Crippen LogP contribution in [0.1, 0.15) is 20.7 Å². The maximum atomic E-state index is 13.1. The Balaban J connectivity index is 0.000000171. The number of H-pyrrole nitrogens is 1. The van der Waals surface area contributed by atoms with Crippen LogP contribution in [-0.2, 0) is 0 Å². The van der Waals surface area contributed by atoms with E-state index in [9.17, 15) is 23.2 Å². The molecule has 0 fully saturated rings. The van der Waals surface area contributed by atoms with E-state index in [1.54, 1.807) is 0 Å². The Morgan fingerprint density at radius 3 is 2.00 bits per heavy atom. The van der Waals surface area contributed by atoms with Gasteiger partial charge in [0.25, 0.3) is 5.56 Å². The van der Waals surface area contributed by atoms with Crippen LogP contribution in [0.15, 0.2) is 41.2 Å². The number of hydrogen-bond donors (Lipinski definition) is 1. The molecule has 2 heterocycles. The van der Waals surface area contributed by atoms with Crippen LogP contribution >= 0.6 is 34.8 Å². The smallest absolute Gasteiger partial charge is 0.259 e.